The van der Waals surface area contributed by atoms with Crippen molar-refractivity contribution in [3.05, 3.63) is 96.4 Å². The highest BCUT2D eigenvalue weighted by Gasteiger charge is 2.13. The van der Waals surface area contributed by atoms with E-state index < -0.39 is 0 Å². The summed E-state index contributed by atoms with van der Waals surface area (Å²) in [5.41, 5.74) is 11.7. The first kappa shape index (κ1) is 20.2. The van der Waals surface area contributed by atoms with Crippen molar-refractivity contribution in [3.63, 3.8) is 0 Å². The molecule has 0 saturated heterocycles. The third-order valence-corrected chi connectivity index (χ3v) is 5.21. The van der Waals surface area contributed by atoms with Crippen molar-refractivity contribution in [1.82, 2.24) is 19.4 Å². The van der Waals surface area contributed by atoms with Gasteiger partial charge in [-0.2, -0.15) is 0 Å². The minimum absolute atomic E-state index is 0.235. The molecule has 3 aromatic heterocycles. The molecule has 4 N–H and O–H groups in total. The Hall–Kier alpha value is -4.72. The number of nitrogens with zero attached hydrogens (tertiary/aromatic N) is 4. The molecule has 0 unspecified atom stereocenters. The molecule has 33 heavy (non-hydrogen) atoms. The predicted molar refractivity (Wildman–Crippen MR) is 129 cm³/mol. The Bertz CT molecular complexity index is 1460. The van der Waals surface area contributed by atoms with Crippen LogP contribution in [0.4, 0.5) is 23.0 Å². The van der Waals surface area contributed by atoms with E-state index >= 15 is 0 Å². The maximum atomic E-state index is 12.5. The third-order valence-electron chi connectivity index (χ3n) is 5.21. The number of para-hydroxylation sites is 2. The summed E-state index contributed by atoms with van der Waals surface area (Å²) in [6, 6.07) is 21.9. The Morgan fingerprint density at radius 3 is 2.55 bits per heavy atom. The van der Waals surface area contributed by atoms with Crippen molar-refractivity contribution < 1.29 is 4.79 Å². The second-order valence-corrected chi connectivity index (χ2v) is 7.48. The van der Waals surface area contributed by atoms with Gasteiger partial charge in [0.1, 0.15) is 5.65 Å². The number of carbonyl (C=O) groups is 1. The lowest BCUT2D eigenvalue weighted by molar-refractivity contribution is 0.102. The van der Waals surface area contributed by atoms with Gasteiger partial charge in [0.25, 0.3) is 5.91 Å². The average molecular weight is 435 g/mol. The van der Waals surface area contributed by atoms with Gasteiger partial charge in [-0.15, -0.1) is 0 Å². The van der Waals surface area contributed by atoms with Gasteiger partial charge in [0.2, 0.25) is 5.95 Å². The molecule has 3 heterocycles. The lowest BCUT2D eigenvalue weighted by Crippen LogP contribution is -2.13. The van der Waals surface area contributed by atoms with Crippen LogP contribution in [0.15, 0.2) is 85.2 Å². The number of aryl methyl sites for hydroxylation is 1. The number of nitrogens with one attached hydrogen (secondary N) is 2. The van der Waals surface area contributed by atoms with Crippen LogP contribution in [-0.4, -0.2) is 25.3 Å². The zero-order valence-electron chi connectivity index (χ0n) is 17.9. The minimum Gasteiger partial charge on any atom is -0.397 e. The maximum Gasteiger partial charge on any atom is 0.255 e. The quantitative estimate of drug-likeness (QED) is 0.346. The topological polar surface area (TPSA) is 110 Å². The highest BCUT2D eigenvalue weighted by atomic mass is 16.1. The summed E-state index contributed by atoms with van der Waals surface area (Å²) in [5, 5.41) is 6.02. The van der Waals surface area contributed by atoms with Gasteiger partial charge in [0.05, 0.1) is 28.5 Å². The maximum absolute atomic E-state index is 12.5. The Labute approximate surface area is 190 Å². The van der Waals surface area contributed by atoms with E-state index in [2.05, 4.69) is 25.6 Å². The largest absolute Gasteiger partial charge is 0.397 e. The summed E-state index contributed by atoms with van der Waals surface area (Å²) in [4.78, 5) is 26.1. The predicted octanol–water partition coefficient (Wildman–Crippen LogP) is 4.68. The standard InChI is InChI=1S/C25H21N7O/c1-16-23(32-15-5-4-8-22(32)28-16)21-13-14-27-25(31-21)29-18-11-9-17(10-12-18)24(33)30-20-7-3-2-6-19(20)26/h2-15H,26H2,1H3,(H,30,33)(H,27,29,31). The van der Waals surface area contributed by atoms with Gasteiger partial charge >= 0.3 is 0 Å². The smallest absolute Gasteiger partial charge is 0.255 e. The van der Waals surface area contributed by atoms with Gasteiger partial charge in [-0.05, 0) is 61.5 Å². The molecule has 0 atom stereocenters. The highest BCUT2D eigenvalue weighted by Crippen LogP contribution is 2.24. The number of fused-ring (bicyclic) bond motifs is 1. The molecular formula is C25H21N7O. The molecule has 0 fully saturated rings. The summed E-state index contributed by atoms with van der Waals surface area (Å²) in [7, 11) is 0. The highest BCUT2D eigenvalue weighted by molar-refractivity contribution is 6.05. The summed E-state index contributed by atoms with van der Waals surface area (Å²) in [6.07, 6.45) is 3.67. The molecule has 8 heteroatoms. The molecule has 0 spiro atoms. The van der Waals surface area contributed by atoms with Crippen molar-refractivity contribution >= 4 is 34.6 Å². The van der Waals surface area contributed by atoms with Crippen LogP contribution in [0.5, 0.6) is 0 Å². The van der Waals surface area contributed by atoms with Crippen molar-refractivity contribution in [1.29, 1.82) is 0 Å². The van der Waals surface area contributed by atoms with Gasteiger partial charge in [0.15, 0.2) is 0 Å². The number of nitrogen functional groups attached to an aromatic ring is 1. The number of amides is 1. The van der Waals surface area contributed by atoms with E-state index in [4.69, 9.17) is 5.73 Å². The lowest BCUT2D eigenvalue weighted by atomic mass is 10.2. The Kier molecular flexibility index (Phi) is 5.16. The van der Waals surface area contributed by atoms with Crippen LogP contribution in [0.1, 0.15) is 16.1 Å². The summed E-state index contributed by atoms with van der Waals surface area (Å²) in [5.74, 6) is 0.216. The molecule has 0 aliphatic carbocycles. The molecule has 0 aliphatic heterocycles. The molecule has 2 aromatic carbocycles. The number of rotatable bonds is 5. The fourth-order valence-corrected chi connectivity index (χ4v) is 3.61. The average Bonchev–Trinajstić information content (AvgIpc) is 3.17. The molecule has 5 aromatic rings. The minimum atomic E-state index is -0.235. The van der Waals surface area contributed by atoms with E-state index in [1.807, 2.05) is 53.9 Å². The molecule has 5 rings (SSSR count). The molecule has 0 saturated carbocycles. The summed E-state index contributed by atoms with van der Waals surface area (Å²) in [6.45, 7) is 1.96. The van der Waals surface area contributed by atoms with E-state index in [0.717, 1.165) is 28.4 Å². The Balaban J connectivity index is 1.34. The van der Waals surface area contributed by atoms with Gasteiger partial charge in [0, 0.05) is 23.6 Å². The van der Waals surface area contributed by atoms with Crippen LogP contribution < -0.4 is 16.4 Å². The van der Waals surface area contributed by atoms with E-state index in [1.165, 1.54) is 0 Å². The number of anilines is 4. The number of hydrogen-bond donors (Lipinski definition) is 3. The molecule has 1 amide bonds. The second-order valence-electron chi connectivity index (χ2n) is 7.48. The fourth-order valence-electron chi connectivity index (χ4n) is 3.61. The molecule has 8 nitrogen and oxygen atoms in total. The number of nitrogens with two attached hydrogens (primary N) is 1. The zero-order chi connectivity index (χ0) is 22.8. The van der Waals surface area contributed by atoms with Crippen LogP contribution in [0.2, 0.25) is 0 Å². The number of aromatic nitrogens is 4. The first-order valence-electron chi connectivity index (χ1n) is 10.4. The van der Waals surface area contributed by atoms with E-state index in [1.54, 1.807) is 42.6 Å². The van der Waals surface area contributed by atoms with Gasteiger partial charge in [-0.1, -0.05) is 18.2 Å². The molecule has 0 radical (unpaired) electrons. The number of hydrogen-bond acceptors (Lipinski definition) is 6. The third kappa shape index (κ3) is 4.09. The monoisotopic (exact) mass is 435 g/mol. The Morgan fingerprint density at radius 2 is 1.73 bits per heavy atom. The van der Waals surface area contributed by atoms with Crippen molar-refractivity contribution in [2.75, 3.05) is 16.4 Å². The van der Waals surface area contributed by atoms with Crippen molar-refractivity contribution in [3.8, 4) is 11.4 Å². The molecule has 0 bridgehead atoms. The second kappa shape index (κ2) is 8.43. The van der Waals surface area contributed by atoms with Crippen LogP contribution in [0.3, 0.4) is 0 Å². The van der Waals surface area contributed by atoms with Crippen LogP contribution in [-0.2, 0) is 0 Å². The van der Waals surface area contributed by atoms with Gasteiger partial charge in [-0.25, -0.2) is 15.0 Å². The normalized spacial score (nSPS) is 10.8. The molecule has 0 aliphatic rings. The van der Waals surface area contributed by atoms with Gasteiger partial charge in [-0.3, -0.25) is 9.20 Å². The van der Waals surface area contributed by atoms with Crippen LogP contribution in [0, 0.1) is 6.92 Å². The fraction of sp³-hybridized carbons (Fsp3) is 0.0400. The van der Waals surface area contributed by atoms with Gasteiger partial charge < -0.3 is 16.4 Å². The van der Waals surface area contributed by atoms with Crippen LogP contribution in [0.25, 0.3) is 17.0 Å². The first-order valence-corrected chi connectivity index (χ1v) is 10.4. The van der Waals surface area contributed by atoms with E-state index in [9.17, 15) is 4.79 Å². The number of pyridine rings is 1. The number of imidazole rings is 1. The van der Waals surface area contributed by atoms with Crippen molar-refractivity contribution in [2.45, 2.75) is 6.92 Å². The lowest BCUT2D eigenvalue weighted by Gasteiger charge is -2.09. The summed E-state index contributed by atoms with van der Waals surface area (Å²) >= 11 is 0. The number of benzene rings is 2. The number of carbonyl (C=O) groups excluding carboxylic acids is 1. The first-order chi connectivity index (χ1) is 16.1. The molecular weight excluding hydrogens is 414 g/mol. The van der Waals surface area contributed by atoms with E-state index in [0.29, 0.717) is 22.9 Å². The van der Waals surface area contributed by atoms with Crippen molar-refractivity contribution in [2.24, 2.45) is 0 Å². The van der Waals surface area contributed by atoms with E-state index in [-0.39, 0.29) is 5.91 Å². The zero-order valence-corrected chi connectivity index (χ0v) is 17.9. The van der Waals surface area contributed by atoms with Crippen LogP contribution >= 0.6 is 0 Å². The SMILES string of the molecule is Cc1nc2ccccn2c1-c1ccnc(Nc2ccc(C(=O)Nc3ccccc3N)cc2)n1. The molecule has 162 valence electrons. The summed E-state index contributed by atoms with van der Waals surface area (Å²) < 4.78 is 2.01. The Morgan fingerprint density at radius 1 is 0.939 bits per heavy atom.